The molecule has 0 bridgehead atoms. The Balaban J connectivity index is 2.85. The number of carboxylic acid groups (broad SMARTS) is 1. The number of nitrogens with one attached hydrogen (secondary N) is 2. The minimum atomic E-state index is -1.75. The second-order valence-electron chi connectivity index (χ2n) is 6.65. The summed E-state index contributed by atoms with van der Waals surface area (Å²) >= 11 is 0. The number of aliphatic carboxylic acids is 1. The number of hydrogen-bond acceptors (Lipinski definition) is 9. The summed E-state index contributed by atoms with van der Waals surface area (Å²) < 4.78 is 14.0. The van der Waals surface area contributed by atoms with E-state index in [1.807, 2.05) is 0 Å². The van der Waals surface area contributed by atoms with Crippen LogP contribution in [0.25, 0.3) is 0 Å². The Bertz CT molecular complexity index is 798. The lowest BCUT2D eigenvalue weighted by Crippen LogP contribution is -2.56. The molecule has 12 nitrogen and oxygen atoms in total. The summed E-state index contributed by atoms with van der Waals surface area (Å²) in [4.78, 5) is 60.0. The third-order valence-electron chi connectivity index (χ3n) is 4.53. The maximum Gasteiger partial charge on any atom is 0.408 e. The number of esters is 2. The van der Waals surface area contributed by atoms with Gasteiger partial charge in [-0.15, -0.1) is 0 Å². The van der Waals surface area contributed by atoms with Crippen molar-refractivity contribution in [3.05, 3.63) is 35.9 Å². The van der Waals surface area contributed by atoms with E-state index >= 15 is 0 Å². The van der Waals surface area contributed by atoms with Crippen LogP contribution in [0.3, 0.4) is 0 Å². The number of aliphatic hydroxyl groups excluding tert-OH is 1. The number of hydrogen-bond donors (Lipinski definition) is 4. The maximum absolute atomic E-state index is 12.5. The summed E-state index contributed by atoms with van der Waals surface area (Å²) in [5, 5.41) is 23.2. The largest absolute Gasteiger partial charge is 0.480 e. The van der Waals surface area contributed by atoms with Crippen LogP contribution in [0, 0.1) is 11.8 Å². The smallest absolute Gasteiger partial charge is 0.408 e. The van der Waals surface area contributed by atoms with Crippen LogP contribution >= 0.6 is 0 Å². The molecule has 176 valence electrons. The molecule has 1 aromatic rings. The highest BCUT2D eigenvalue weighted by molar-refractivity contribution is 5.96. The molecule has 4 N–H and O–H groups in total. The zero-order chi connectivity index (χ0) is 24.3. The predicted molar refractivity (Wildman–Crippen MR) is 107 cm³/mol. The van der Waals surface area contributed by atoms with Gasteiger partial charge in [0.15, 0.2) is 5.92 Å². The Morgan fingerprint density at radius 3 is 2.00 bits per heavy atom. The van der Waals surface area contributed by atoms with Gasteiger partial charge in [-0.2, -0.15) is 0 Å². The van der Waals surface area contributed by atoms with Gasteiger partial charge in [-0.3, -0.25) is 14.4 Å². The lowest BCUT2D eigenvalue weighted by atomic mass is 9.87. The molecule has 0 aliphatic carbocycles. The lowest BCUT2D eigenvalue weighted by molar-refractivity contribution is -0.163. The van der Waals surface area contributed by atoms with Crippen molar-refractivity contribution in [3.63, 3.8) is 0 Å². The third-order valence-corrected chi connectivity index (χ3v) is 4.53. The molecule has 0 spiro atoms. The van der Waals surface area contributed by atoms with E-state index < -0.39 is 60.4 Å². The molecule has 0 fully saturated rings. The van der Waals surface area contributed by atoms with Gasteiger partial charge in [0.1, 0.15) is 18.7 Å². The molecule has 0 saturated carbocycles. The van der Waals surface area contributed by atoms with E-state index in [9.17, 15) is 34.2 Å². The van der Waals surface area contributed by atoms with Crippen molar-refractivity contribution in [2.45, 2.75) is 25.6 Å². The van der Waals surface area contributed by atoms with Gasteiger partial charge < -0.3 is 35.1 Å². The fourth-order valence-corrected chi connectivity index (χ4v) is 2.74. The molecular weight excluding hydrogens is 428 g/mol. The zero-order valence-corrected chi connectivity index (χ0v) is 17.8. The van der Waals surface area contributed by atoms with Crippen molar-refractivity contribution >= 4 is 29.9 Å². The van der Waals surface area contributed by atoms with Crippen LogP contribution in [0.15, 0.2) is 30.3 Å². The van der Waals surface area contributed by atoms with E-state index in [0.717, 1.165) is 14.2 Å². The van der Waals surface area contributed by atoms with Gasteiger partial charge in [-0.1, -0.05) is 37.3 Å². The highest BCUT2D eigenvalue weighted by Gasteiger charge is 2.42. The molecule has 0 aliphatic rings. The van der Waals surface area contributed by atoms with Gasteiger partial charge >= 0.3 is 24.0 Å². The van der Waals surface area contributed by atoms with Crippen LogP contribution in [-0.2, 0) is 40.0 Å². The van der Waals surface area contributed by atoms with Crippen LogP contribution in [0.2, 0.25) is 0 Å². The Kier molecular flexibility index (Phi) is 10.6. The topological polar surface area (TPSA) is 178 Å². The number of ether oxygens (including phenoxy) is 3. The number of methoxy groups -OCH3 is 2. The molecule has 2 amide bonds. The van der Waals surface area contributed by atoms with Crippen molar-refractivity contribution in [1.29, 1.82) is 0 Å². The normalized spacial score (nSPS) is 13.3. The van der Waals surface area contributed by atoms with E-state index in [4.69, 9.17) is 4.74 Å². The number of carbonyl (C=O) groups is 5. The highest BCUT2D eigenvalue weighted by Crippen LogP contribution is 2.20. The molecule has 0 aliphatic heterocycles. The first-order valence-corrected chi connectivity index (χ1v) is 9.43. The van der Waals surface area contributed by atoms with Gasteiger partial charge in [-0.05, 0) is 5.56 Å². The lowest BCUT2D eigenvalue weighted by Gasteiger charge is -2.27. The first kappa shape index (κ1) is 26.4. The van der Waals surface area contributed by atoms with Gasteiger partial charge in [-0.25, -0.2) is 9.59 Å². The molecule has 0 aromatic heterocycles. The third kappa shape index (κ3) is 7.54. The minimum Gasteiger partial charge on any atom is -0.480 e. The number of alkyl carbamates (subject to hydrolysis) is 1. The van der Waals surface area contributed by atoms with Crippen molar-refractivity contribution in [2.75, 3.05) is 20.8 Å². The average molecular weight is 454 g/mol. The number of carbonyl (C=O) groups excluding carboxylic acids is 4. The van der Waals surface area contributed by atoms with E-state index in [-0.39, 0.29) is 6.61 Å². The summed E-state index contributed by atoms with van der Waals surface area (Å²) in [6.45, 7) is 0.263. The molecule has 32 heavy (non-hydrogen) atoms. The summed E-state index contributed by atoms with van der Waals surface area (Å²) in [5.41, 5.74) is 0.684. The van der Waals surface area contributed by atoms with Crippen LogP contribution in [0.4, 0.5) is 4.79 Å². The van der Waals surface area contributed by atoms with Crippen molar-refractivity contribution in [3.8, 4) is 0 Å². The second-order valence-corrected chi connectivity index (χ2v) is 6.65. The molecule has 1 aromatic carbocycles. The summed E-state index contributed by atoms with van der Waals surface area (Å²) in [7, 11) is 2.01. The Morgan fingerprint density at radius 2 is 1.53 bits per heavy atom. The molecule has 1 rings (SSSR count). The fourth-order valence-electron chi connectivity index (χ4n) is 2.74. The summed E-state index contributed by atoms with van der Waals surface area (Å²) in [5.74, 6) is -7.66. The monoisotopic (exact) mass is 454 g/mol. The molecular formula is C20H26N2O10. The first-order valence-electron chi connectivity index (χ1n) is 9.43. The molecule has 0 saturated heterocycles. The number of amides is 2. The standard InChI is InChI=1S/C20H26N2O10/c1-11(14(18(27)30-2)19(28)31-3)15(17(25)26)22-16(24)13(9-23)21-20(29)32-10-12-7-5-4-6-8-12/h4-8,11,13-15,23H,9-10H2,1-3H3,(H,21,29)(H,22,24)(H,25,26)/t11-,13-,15-/m0/s1. The van der Waals surface area contributed by atoms with Crippen molar-refractivity contribution < 1.29 is 48.4 Å². The van der Waals surface area contributed by atoms with Gasteiger partial charge in [0, 0.05) is 5.92 Å². The Morgan fingerprint density at radius 1 is 0.969 bits per heavy atom. The van der Waals surface area contributed by atoms with Crippen molar-refractivity contribution in [2.24, 2.45) is 11.8 Å². The Labute approximate surface area is 183 Å². The molecule has 0 unspecified atom stereocenters. The average Bonchev–Trinajstić information content (AvgIpc) is 2.79. The van der Waals surface area contributed by atoms with Crippen LogP contribution < -0.4 is 10.6 Å². The van der Waals surface area contributed by atoms with E-state index in [1.165, 1.54) is 6.92 Å². The second kappa shape index (κ2) is 12.9. The van der Waals surface area contributed by atoms with Crippen LogP contribution in [-0.4, -0.2) is 73.0 Å². The summed E-state index contributed by atoms with van der Waals surface area (Å²) in [6, 6.07) is 5.38. The quantitative estimate of drug-likeness (QED) is 0.192. The number of carboxylic acids is 1. The van der Waals surface area contributed by atoms with E-state index in [2.05, 4.69) is 20.1 Å². The number of benzene rings is 1. The van der Waals surface area contributed by atoms with Crippen LogP contribution in [0.5, 0.6) is 0 Å². The van der Waals surface area contributed by atoms with E-state index in [1.54, 1.807) is 30.3 Å². The number of aliphatic hydroxyl groups is 1. The van der Waals surface area contributed by atoms with Gasteiger partial charge in [0.05, 0.1) is 20.8 Å². The van der Waals surface area contributed by atoms with E-state index in [0.29, 0.717) is 5.56 Å². The first-order chi connectivity index (χ1) is 15.2. The minimum absolute atomic E-state index is 0.0961. The van der Waals surface area contributed by atoms with Crippen molar-refractivity contribution in [1.82, 2.24) is 10.6 Å². The molecule has 0 heterocycles. The molecule has 3 atom stereocenters. The molecule has 0 radical (unpaired) electrons. The van der Waals surface area contributed by atoms with Gasteiger partial charge in [0.25, 0.3) is 0 Å². The Hall–Kier alpha value is -3.67. The highest BCUT2D eigenvalue weighted by atomic mass is 16.6. The fraction of sp³-hybridized carbons (Fsp3) is 0.450. The number of rotatable bonds is 11. The maximum atomic E-state index is 12.5. The van der Waals surface area contributed by atoms with Crippen LogP contribution in [0.1, 0.15) is 12.5 Å². The zero-order valence-electron chi connectivity index (χ0n) is 17.8. The molecule has 12 heteroatoms. The summed E-state index contributed by atoms with van der Waals surface area (Å²) in [6.07, 6.45) is -1.02. The van der Waals surface area contributed by atoms with Gasteiger partial charge in [0.2, 0.25) is 5.91 Å². The SMILES string of the molecule is COC(=O)C(C(=O)OC)[C@H](C)[C@H](NC(=O)[C@H](CO)NC(=O)OCc1ccccc1)C(=O)O. The predicted octanol–water partition coefficient (Wildman–Crippen LogP) is -0.559.